The van der Waals surface area contributed by atoms with Crippen molar-refractivity contribution in [1.29, 1.82) is 0 Å². The molecule has 1 unspecified atom stereocenters. The third kappa shape index (κ3) is 4.42. The first-order valence-electron chi connectivity index (χ1n) is 7.18. The number of likely N-dealkylation sites (tertiary alicyclic amines) is 1. The summed E-state index contributed by atoms with van der Waals surface area (Å²) < 4.78 is 18.1. The fourth-order valence-corrected chi connectivity index (χ4v) is 2.34. The zero-order valence-electron chi connectivity index (χ0n) is 12.5. The third-order valence-electron chi connectivity index (χ3n) is 3.54. The molecule has 1 aliphatic heterocycles. The number of para-hydroxylation sites is 1. The van der Waals surface area contributed by atoms with Gasteiger partial charge < -0.3 is 4.74 Å². The highest BCUT2D eigenvalue weighted by Crippen LogP contribution is 2.16. The topological polar surface area (TPSA) is 70.7 Å². The molecule has 22 heavy (non-hydrogen) atoms. The molecule has 0 radical (unpaired) electrons. The van der Waals surface area contributed by atoms with Gasteiger partial charge in [0.05, 0.1) is 12.7 Å². The van der Waals surface area contributed by atoms with E-state index in [-0.39, 0.29) is 12.3 Å². The normalized spacial score (nSPS) is 18.0. The Kier molecular flexibility index (Phi) is 5.71. The molecule has 0 saturated carbocycles. The van der Waals surface area contributed by atoms with Gasteiger partial charge in [-0.2, -0.15) is 0 Å². The number of ether oxygens (including phenoxy) is 1. The first kappa shape index (κ1) is 16.2. The summed E-state index contributed by atoms with van der Waals surface area (Å²) in [6.07, 6.45) is -0.0706. The summed E-state index contributed by atoms with van der Waals surface area (Å²) >= 11 is 0. The highest BCUT2D eigenvalue weighted by Gasteiger charge is 2.21. The molecule has 1 fully saturated rings. The zero-order valence-corrected chi connectivity index (χ0v) is 12.5. The highest BCUT2D eigenvalue weighted by molar-refractivity contribution is 5.97. The molecule has 0 spiro atoms. The average Bonchev–Trinajstić information content (AvgIpc) is 2.96. The molecule has 0 aromatic heterocycles. The number of alkyl halides is 1. The molecule has 1 saturated heterocycles. The number of amides is 2. The van der Waals surface area contributed by atoms with Crippen LogP contribution < -0.4 is 15.6 Å². The van der Waals surface area contributed by atoms with Crippen LogP contribution in [0.2, 0.25) is 0 Å². The van der Waals surface area contributed by atoms with Crippen LogP contribution in [0.4, 0.5) is 4.39 Å². The zero-order chi connectivity index (χ0) is 15.9. The predicted molar refractivity (Wildman–Crippen MR) is 79.2 cm³/mol. The Hall–Kier alpha value is -2.15. The van der Waals surface area contributed by atoms with Gasteiger partial charge in [0.15, 0.2) is 0 Å². The van der Waals surface area contributed by atoms with E-state index in [0.717, 1.165) is 0 Å². The van der Waals surface area contributed by atoms with Crippen molar-refractivity contribution in [2.75, 3.05) is 26.7 Å². The van der Waals surface area contributed by atoms with Gasteiger partial charge in [-0.25, -0.2) is 4.39 Å². The van der Waals surface area contributed by atoms with Crippen molar-refractivity contribution in [2.24, 2.45) is 0 Å². The number of hydrogen-bond acceptors (Lipinski definition) is 4. The van der Waals surface area contributed by atoms with Crippen molar-refractivity contribution in [3.05, 3.63) is 29.8 Å². The van der Waals surface area contributed by atoms with Crippen LogP contribution in [-0.4, -0.2) is 49.6 Å². The molecule has 120 valence electrons. The summed E-state index contributed by atoms with van der Waals surface area (Å²) in [7, 11) is 1.47. The minimum absolute atomic E-state index is 0.207. The fourth-order valence-electron chi connectivity index (χ4n) is 2.34. The van der Waals surface area contributed by atoms with Crippen LogP contribution in [0.15, 0.2) is 24.3 Å². The Morgan fingerprint density at radius 1 is 1.36 bits per heavy atom. The number of halogens is 1. The second kappa shape index (κ2) is 7.74. The van der Waals surface area contributed by atoms with Gasteiger partial charge in [-0.1, -0.05) is 12.1 Å². The molecule has 7 heteroatoms. The number of rotatable bonds is 5. The van der Waals surface area contributed by atoms with Crippen LogP contribution in [-0.2, 0) is 4.79 Å². The number of hydrogen-bond donors (Lipinski definition) is 2. The Balaban J connectivity index is 1.75. The summed E-state index contributed by atoms with van der Waals surface area (Å²) in [5.74, 6) is -0.332. The SMILES string of the molecule is COc1ccccc1C(=O)NNC(=O)CCN1CCC(F)C1. The molecule has 1 atom stereocenters. The summed E-state index contributed by atoms with van der Waals surface area (Å²) in [6, 6.07) is 6.73. The largest absolute Gasteiger partial charge is 0.496 e. The maximum absolute atomic E-state index is 13.0. The van der Waals surface area contributed by atoms with Crippen LogP contribution in [0.5, 0.6) is 5.75 Å². The maximum Gasteiger partial charge on any atom is 0.273 e. The smallest absolute Gasteiger partial charge is 0.273 e. The number of carbonyl (C=O) groups is 2. The first-order valence-corrected chi connectivity index (χ1v) is 7.18. The molecular formula is C15H20FN3O3. The monoisotopic (exact) mass is 309 g/mol. The van der Waals surface area contributed by atoms with Crippen LogP contribution in [0.3, 0.4) is 0 Å². The van der Waals surface area contributed by atoms with E-state index in [1.54, 1.807) is 24.3 Å². The van der Waals surface area contributed by atoms with Crippen LogP contribution in [0.1, 0.15) is 23.2 Å². The van der Waals surface area contributed by atoms with E-state index >= 15 is 0 Å². The fraction of sp³-hybridized carbons (Fsp3) is 0.467. The minimum Gasteiger partial charge on any atom is -0.496 e. The van der Waals surface area contributed by atoms with Gasteiger partial charge in [0.1, 0.15) is 11.9 Å². The first-order chi connectivity index (χ1) is 10.6. The van der Waals surface area contributed by atoms with Crippen molar-refractivity contribution in [2.45, 2.75) is 19.0 Å². The molecule has 0 bridgehead atoms. The van der Waals surface area contributed by atoms with E-state index < -0.39 is 12.1 Å². The second-order valence-electron chi connectivity index (χ2n) is 5.14. The molecule has 0 aliphatic carbocycles. The predicted octanol–water partition coefficient (Wildman–Crippen LogP) is 0.890. The molecule has 2 rings (SSSR count). The second-order valence-corrected chi connectivity index (χ2v) is 5.14. The van der Waals surface area contributed by atoms with Crippen molar-refractivity contribution >= 4 is 11.8 Å². The van der Waals surface area contributed by atoms with E-state index in [0.29, 0.717) is 37.4 Å². The standard InChI is InChI=1S/C15H20FN3O3/c1-22-13-5-3-2-4-12(13)15(21)18-17-14(20)7-9-19-8-6-11(16)10-19/h2-5,11H,6-10H2,1H3,(H,17,20)(H,18,21). The summed E-state index contributed by atoms with van der Waals surface area (Å²) in [6.45, 7) is 1.53. The lowest BCUT2D eigenvalue weighted by Gasteiger charge is -2.14. The summed E-state index contributed by atoms with van der Waals surface area (Å²) in [4.78, 5) is 25.6. The van der Waals surface area contributed by atoms with Gasteiger partial charge in [0.2, 0.25) is 5.91 Å². The molecule has 1 aromatic carbocycles. The van der Waals surface area contributed by atoms with Gasteiger partial charge in [-0.15, -0.1) is 0 Å². The van der Waals surface area contributed by atoms with Gasteiger partial charge in [-0.05, 0) is 18.6 Å². The summed E-state index contributed by atoms with van der Waals surface area (Å²) in [5, 5.41) is 0. The van der Waals surface area contributed by atoms with Crippen LogP contribution in [0.25, 0.3) is 0 Å². The molecule has 2 N–H and O–H groups in total. The Labute approximate surface area is 128 Å². The number of nitrogens with one attached hydrogen (secondary N) is 2. The van der Waals surface area contributed by atoms with Gasteiger partial charge in [0.25, 0.3) is 5.91 Å². The lowest BCUT2D eigenvalue weighted by molar-refractivity contribution is -0.122. The lowest BCUT2D eigenvalue weighted by atomic mass is 10.2. The molecule has 2 amide bonds. The molecule has 1 aliphatic rings. The Morgan fingerprint density at radius 2 is 2.14 bits per heavy atom. The van der Waals surface area contributed by atoms with Crippen molar-refractivity contribution in [3.8, 4) is 5.75 Å². The van der Waals surface area contributed by atoms with Gasteiger partial charge in [0, 0.05) is 26.1 Å². The quantitative estimate of drug-likeness (QED) is 0.793. The Morgan fingerprint density at radius 3 is 2.82 bits per heavy atom. The maximum atomic E-state index is 13.0. The van der Waals surface area contributed by atoms with Crippen molar-refractivity contribution in [1.82, 2.24) is 15.8 Å². The van der Waals surface area contributed by atoms with E-state index in [2.05, 4.69) is 10.9 Å². The Bertz CT molecular complexity index is 539. The van der Waals surface area contributed by atoms with Crippen LogP contribution in [0, 0.1) is 0 Å². The van der Waals surface area contributed by atoms with E-state index in [1.165, 1.54) is 7.11 Å². The number of methoxy groups -OCH3 is 1. The van der Waals surface area contributed by atoms with Crippen molar-refractivity contribution in [3.63, 3.8) is 0 Å². The van der Waals surface area contributed by atoms with E-state index in [4.69, 9.17) is 4.74 Å². The molecule has 1 heterocycles. The number of carbonyl (C=O) groups excluding carboxylic acids is 2. The number of nitrogens with zero attached hydrogens (tertiary/aromatic N) is 1. The van der Waals surface area contributed by atoms with Gasteiger partial charge in [-0.3, -0.25) is 25.3 Å². The highest BCUT2D eigenvalue weighted by atomic mass is 19.1. The third-order valence-corrected chi connectivity index (χ3v) is 3.54. The average molecular weight is 309 g/mol. The number of benzene rings is 1. The number of hydrazine groups is 1. The summed E-state index contributed by atoms with van der Waals surface area (Å²) in [5.41, 5.74) is 5.04. The molecule has 6 nitrogen and oxygen atoms in total. The van der Waals surface area contributed by atoms with Crippen LogP contribution >= 0.6 is 0 Å². The van der Waals surface area contributed by atoms with Gasteiger partial charge >= 0.3 is 0 Å². The lowest BCUT2D eigenvalue weighted by Crippen LogP contribution is -2.42. The van der Waals surface area contributed by atoms with Crippen molar-refractivity contribution < 1.29 is 18.7 Å². The van der Waals surface area contributed by atoms with E-state index in [9.17, 15) is 14.0 Å². The molecular weight excluding hydrogens is 289 g/mol. The minimum atomic E-state index is -0.798. The molecule has 1 aromatic rings. The van der Waals surface area contributed by atoms with E-state index in [1.807, 2.05) is 4.90 Å².